The van der Waals surface area contributed by atoms with Crippen LogP contribution in [0.25, 0.3) is 0 Å². The molecular weight excluding hydrogens is 356 g/mol. The molecule has 0 saturated carbocycles. The first-order valence-electron chi connectivity index (χ1n) is 9.70. The van der Waals surface area contributed by atoms with Gasteiger partial charge in [0.15, 0.2) is 5.78 Å². The number of hydrogen-bond acceptors (Lipinski definition) is 4. The number of nitrogens with zero attached hydrogens (tertiary/aromatic N) is 1. The van der Waals surface area contributed by atoms with Crippen molar-refractivity contribution >= 4 is 11.7 Å². The van der Waals surface area contributed by atoms with E-state index in [0.717, 1.165) is 31.4 Å². The molecule has 1 N–H and O–H groups in total. The Morgan fingerprint density at radius 3 is 2.71 bits per heavy atom. The normalized spacial score (nSPS) is 16.5. The molecule has 2 heterocycles. The molecule has 1 fully saturated rings. The number of rotatable bonds is 7. The summed E-state index contributed by atoms with van der Waals surface area (Å²) in [5.41, 5.74) is 0.910. The van der Waals surface area contributed by atoms with E-state index in [2.05, 4.69) is 5.32 Å². The molecule has 2 aromatic rings. The van der Waals surface area contributed by atoms with Crippen LogP contribution in [0.2, 0.25) is 0 Å². The van der Waals surface area contributed by atoms with Crippen molar-refractivity contribution in [2.45, 2.75) is 32.2 Å². The minimum atomic E-state index is -0.484. The highest BCUT2D eigenvalue weighted by atomic mass is 16.5. The largest absolute Gasteiger partial charge is 0.381 e. The predicted octanol–water partition coefficient (Wildman–Crippen LogP) is 2.65. The average molecular weight is 382 g/mol. The molecule has 0 radical (unpaired) electrons. The Morgan fingerprint density at radius 2 is 2.04 bits per heavy atom. The standard InChI is InChI=1S/C22H26N2O4/c1-23-21(26)19-12-18(20(25)10-9-17-8-5-11-28-15-17)14-24(22(19)27)13-16-6-3-2-4-7-16/h2-4,6-7,12,14,17H,5,8-11,13,15H2,1H3,(H,23,26)/t17-/m1/s1. The lowest BCUT2D eigenvalue weighted by Crippen LogP contribution is -2.32. The summed E-state index contributed by atoms with van der Waals surface area (Å²) < 4.78 is 6.92. The van der Waals surface area contributed by atoms with Gasteiger partial charge in [0.2, 0.25) is 0 Å². The second-order valence-corrected chi connectivity index (χ2v) is 7.19. The lowest BCUT2D eigenvalue weighted by Gasteiger charge is -2.21. The zero-order valence-electron chi connectivity index (χ0n) is 16.1. The van der Waals surface area contributed by atoms with E-state index in [1.165, 1.54) is 17.7 Å². The minimum Gasteiger partial charge on any atom is -0.381 e. The molecule has 1 saturated heterocycles. The van der Waals surface area contributed by atoms with Crippen molar-refractivity contribution < 1.29 is 14.3 Å². The van der Waals surface area contributed by atoms with E-state index in [1.807, 2.05) is 30.3 Å². The summed E-state index contributed by atoms with van der Waals surface area (Å²) in [6.07, 6.45) is 4.81. The third kappa shape index (κ3) is 4.95. The molecule has 6 nitrogen and oxygen atoms in total. The van der Waals surface area contributed by atoms with Crippen molar-refractivity contribution in [3.05, 3.63) is 69.6 Å². The number of amides is 1. The topological polar surface area (TPSA) is 77.4 Å². The van der Waals surface area contributed by atoms with Crippen LogP contribution < -0.4 is 10.9 Å². The zero-order chi connectivity index (χ0) is 19.9. The Kier molecular flexibility index (Phi) is 6.76. The van der Waals surface area contributed by atoms with Gasteiger partial charge < -0.3 is 14.6 Å². The maximum Gasteiger partial charge on any atom is 0.263 e. The maximum absolute atomic E-state index is 12.8. The Bertz CT molecular complexity index is 883. The molecular formula is C22H26N2O4. The summed E-state index contributed by atoms with van der Waals surface area (Å²) >= 11 is 0. The predicted molar refractivity (Wildman–Crippen MR) is 107 cm³/mol. The van der Waals surface area contributed by atoms with Crippen molar-refractivity contribution in [1.82, 2.24) is 9.88 Å². The fourth-order valence-corrected chi connectivity index (χ4v) is 3.50. The summed E-state index contributed by atoms with van der Waals surface area (Å²) in [7, 11) is 1.47. The molecule has 6 heteroatoms. The van der Waals surface area contributed by atoms with Crippen LogP contribution >= 0.6 is 0 Å². The monoisotopic (exact) mass is 382 g/mol. The quantitative estimate of drug-likeness (QED) is 0.747. The molecule has 1 atom stereocenters. The van der Waals surface area contributed by atoms with E-state index in [4.69, 9.17) is 4.74 Å². The number of aromatic nitrogens is 1. The summed E-state index contributed by atoms with van der Waals surface area (Å²) in [4.78, 5) is 37.7. The summed E-state index contributed by atoms with van der Waals surface area (Å²) in [6.45, 7) is 1.80. The third-order valence-electron chi connectivity index (χ3n) is 5.11. The molecule has 148 valence electrons. The summed E-state index contributed by atoms with van der Waals surface area (Å²) in [6, 6.07) is 10.9. The summed E-state index contributed by atoms with van der Waals surface area (Å²) in [5.74, 6) is -0.147. The second kappa shape index (κ2) is 9.46. The smallest absolute Gasteiger partial charge is 0.263 e. The zero-order valence-corrected chi connectivity index (χ0v) is 16.1. The van der Waals surface area contributed by atoms with Crippen LogP contribution in [0.3, 0.4) is 0 Å². The Hall–Kier alpha value is -2.73. The number of nitrogens with one attached hydrogen (secondary N) is 1. The van der Waals surface area contributed by atoms with Gasteiger partial charge in [-0.2, -0.15) is 0 Å². The van der Waals surface area contributed by atoms with Crippen molar-refractivity contribution in [3.8, 4) is 0 Å². The first-order valence-corrected chi connectivity index (χ1v) is 9.70. The van der Waals surface area contributed by atoms with Crippen LogP contribution in [0.15, 0.2) is 47.4 Å². The molecule has 1 aliphatic heterocycles. The maximum atomic E-state index is 12.8. The SMILES string of the molecule is CNC(=O)c1cc(C(=O)CC[C@H]2CCCOC2)cn(Cc2ccccc2)c1=O. The van der Waals surface area contributed by atoms with Crippen LogP contribution in [0, 0.1) is 5.92 Å². The first kappa shape index (κ1) is 20.0. The fraction of sp³-hybridized carbons (Fsp3) is 0.409. The number of pyridine rings is 1. The molecule has 1 aliphatic rings. The highest BCUT2D eigenvalue weighted by Crippen LogP contribution is 2.20. The van der Waals surface area contributed by atoms with E-state index in [0.29, 0.717) is 31.1 Å². The van der Waals surface area contributed by atoms with Gasteiger partial charge in [-0.25, -0.2) is 0 Å². The van der Waals surface area contributed by atoms with Crippen LogP contribution in [0.5, 0.6) is 0 Å². The van der Waals surface area contributed by atoms with Crippen molar-refractivity contribution in [1.29, 1.82) is 0 Å². The number of carbonyl (C=O) groups excluding carboxylic acids is 2. The number of hydrogen-bond donors (Lipinski definition) is 1. The van der Waals surface area contributed by atoms with Crippen molar-refractivity contribution in [2.24, 2.45) is 5.92 Å². The van der Waals surface area contributed by atoms with E-state index in [9.17, 15) is 14.4 Å². The van der Waals surface area contributed by atoms with Gasteiger partial charge in [0.05, 0.1) is 6.54 Å². The molecule has 3 rings (SSSR count). The molecule has 1 amide bonds. The number of benzene rings is 1. The number of carbonyl (C=O) groups is 2. The van der Waals surface area contributed by atoms with E-state index >= 15 is 0 Å². The first-order chi connectivity index (χ1) is 13.6. The minimum absolute atomic E-state index is 0.00900. The van der Waals surface area contributed by atoms with Gasteiger partial charge in [-0.3, -0.25) is 14.4 Å². The van der Waals surface area contributed by atoms with Crippen LogP contribution in [-0.2, 0) is 11.3 Å². The lowest BCUT2D eigenvalue weighted by atomic mass is 9.94. The molecule has 0 unspecified atom stereocenters. The number of ether oxygens (including phenoxy) is 1. The van der Waals surface area contributed by atoms with E-state index in [-0.39, 0.29) is 11.3 Å². The van der Waals surface area contributed by atoms with Crippen molar-refractivity contribution in [2.75, 3.05) is 20.3 Å². The van der Waals surface area contributed by atoms with Gasteiger partial charge >= 0.3 is 0 Å². The molecule has 0 spiro atoms. The van der Waals surface area contributed by atoms with E-state index in [1.54, 1.807) is 6.20 Å². The second-order valence-electron chi connectivity index (χ2n) is 7.19. The number of Topliss-reactive ketones (excluding diaryl/α,β-unsaturated/α-hetero) is 1. The van der Waals surface area contributed by atoms with Gasteiger partial charge in [0, 0.05) is 38.4 Å². The van der Waals surface area contributed by atoms with E-state index < -0.39 is 11.5 Å². The average Bonchev–Trinajstić information content (AvgIpc) is 2.74. The van der Waals surface area contributed by atoms with Gasteiger partial charge in [-0.1, -0.05) is 30.3 Å². The third-order valence-corrected chi connectivity index (χ3v) is 5.11. The number of ketones is 1. The van der Waals surface area contributed by atoms with Crippen LogP contribution in [-0.4, -0.2) is 36.5 Å². The van der Waals surface area contributed by atoms with Crippen LogP contribution in [0.4, 0.5) is 0 Å². The highest BCUT2D eigenvalue weighted by molar-refractivity contribution is 6.00. The Morgan fingerprint density at radius 1 is 1.25 bits per heavy atom. The summed E-state index contributed by atoms with van der Waals surface area (Å²) in [5, 5.41) is 2.48. The molecule has 1 aromatic heterocycles. The highest BCUT2D eigenvalue weighted by Gasteiger charge is 2.19. The van der Waals surface area contributed by atoms with Crippen molar-refractivity contribution in [3.63, 3.8) is 0 Å². The lowest BCUT2D eigenvalue weighted by molar-refractivity contribution is 0.0502. The molecule has 1 aromatic carbocycles. The van der Waals surface area contributed by atoms with Gasteiger partial charge in [-0.15, -0.1) is 0 Å². The van der Waals surface area contributed by atoms with Gasteiger partial charge in [0.1, 0.15) is 5.56 Å². The fourth-order valence-electron chi connectivity index (χ4n) is 3.50. The van der Waals surface area contributed by atoms with Gasteiger partial charge in [-0.05, 0) is 36.8 Å². The Labute approximate surface area is 164 Å². The molecule has 0 aliphatic carbocycles. The van der Waals surface area contributed by atoms with Gasteiger partial charge in [0.25, 0.3) is 11.5 Å². The molecule has 0 bridgehead atoms. The van der Waals surface area contributed by atoms with Crippen LogP contribution in [0.1, 0.15) is 52.0 Å². The molecule has 28 heavy (non-hydrogen) atoms. The Balaban J connectivity index is 1.84.